The molecule has 0 fully saturated rings. The lowest BCUT2D eigenvalue weighted by atomic mass is 10.2. The summed E-state index contributed by atoms with van der Waals surface area (Å²) in [6.45, 7) is 5.16. The summed E-state index contributed by atoms with van der Waals surface area (Å²) in [5.74, 6) is -0.642. The zero-order chi connectivity index (χ0) is 17.3. The van der Waals surface area contributed by atoms with Crippen molar-refractivity contribution in [1.29, 1.82) is 0 Å². The molecule has 0 saturated carbocycles. The normalized spacial score (nSPS) is 10.6. The largest absolute Gasteiger partial charge is 0.321 e. The monoisotopic (exact) mass is 405 g/mol. The number of fused-ring (bicyclic) bond motifs is 1. The standard InChI is InChI=1S/C15H12BrN5O2S/c1-3-13(22)19-9-4-11(8(2)17-5-9)20-14(23)10-6-18-21-7-12(16)24-15(10)21/h3-7H,1H2,2H3,(H,19,22)(H,20,23). The first-order valence-electron chi connectivity index (χ1n) is 6.82. The van der Waals surface area contributed by atoms with Crippen molar-refractivity contribution in [1.82, 2.24) is 14.6 Å². The highest BCUT2D eigenvalue weighted by Crippen LogP contribution is 2.27. The maximum absolute atomic E-state index is 12.5. The van der Waals surface area contributed by atoms with Crippen LogP contribution in [-0.2, 0) is 4.79 Å². The van der Waals surface area contributed by atoms with Gasteiger partial charge in [0.15, 0.2) is 0 Å². The van der Waals surface area contributed by atoms with E-state index in [1.165, 1.54) is 23.7 Å². The lowest BCUT2D eigenvalue weighted by Gasteiger charge is -2.09. The van der Waals surface area contributed by atoms with Crippen LogP contribution < -0.4 is 10.6 Å². The molecule has 2 amide bonds. The minimum absolute atomic E-state index is 0.295. The number of nitrogens with one attached hydrogen (secondary N) is 2. The lowest BCUT2D eigenvalue weighted by molar-refractivity contribution is -0.111. The molecule has 0 atom stereocenters. The Morgan fingerprint density at radius 2 is 2.17 bits per heavy atom. The van der Waals surface area contributed by atoms with E-state index in [1.54, 1.807) is 23.7 Å². The molecule has 9 heteroatoms. The number of aryl methyl sites for hydroxylation is 1. The molecule has 3 aromatic rings. The zero-order valence-corrected chi connectivity index (χ0v) is 14.9. The van der Waals surface area contributed by atoms with Crippen LogP contribution in [0.1, 0.15) is 16.1 Å². The van der Waals surface area contributed by atoms with Crippen molar-refractivity contribution in [3.8, 4) is 0 Å². The number of rotatable bonds is 4. The number of carbonyl (C=O) groups is 2. The predicted molar refractivity (Wildman–Crippen MR) is 96.5 cm³/mol. The van der Waals surface area contributed by atoms with Gasteiger partial charge >= 0.3 is 0 Å². The number of pyridine rings is 1. The fraction of sp³-hybridized carbons (Fsp3) is 0.0667. The van der Waals surface area contributed by atoms with Crippen LogP contribution in [0.2, 0.25) is 0 Å². The summed E-state index contributed by atoms with van der Waals surface area (Å²) in [5, 5.41) is 9.56. The molecule has 0 bridgehead atoms. The first-order valence-corrected chi connectivity index (χ1v) is 8.43. The second-order valence-electron chi connectivity index (χ2n) is 4.85. The zero-order valence-electron chi connectivity index (χ0n) is 12.5. The summed E-state index contributed by atoms with van der Waals surface area (Å²) in [6, 6.07) is 1.65. The van der Waals surface area contributed by atoms with E-state index < -0.39 is 0 Å². The van der Waals surface area contributed by atoms with Gasteiger partial charge in [-0.1, -0.05) is 6.58 Å². The molecular formula is C15H12BrN5O2S. The second-order valence-corrected chi connectivity index (χ2v) is 7.26. The molecular weight excluding hydrogens is 394 g/mol. The molecule has 3 rings (SSSR count). The van der Waals surface area contributed by atoms with E-state index in [-0.39, 0.29) is 11.8 Å². The van der Waals surface area contributed by atoms with Gasteiger partial charge in [-0.3, -0.25) is 14.6 Å². The van der Waals surface area contributed by atoms with E-state index in [1.807, 2.05) is 0 Å². The first kappa shape index (κ1) is 16.3. The van der Waals surface area contributed by atoms with Gasteiger partial charge in [-0.2, -0.15) is 5.10 Å². The number of anilines is 2. The minimum Gasteiger partial charge on any atom is -0.321 e. The number of hydrogen-bond donors (Lipinski definition) is 2. The molecule has 3 heterocycles. The maximum Gasteiger partial charge on any atom is 0.260 e. The molecule has 2 N–H and O–H groups in total. The second kappa shape index (κ2) is 6.54. The first-order chi connectivity index (χ1) is 11.5. The van der Waals surface area contributed by atoms with Crippen LogP contribution in [0, 0.1) is 6.92 Å². The van der Waals surface area contributed by atoms with Gasteiger partial charge in [-0.25, -0.2) is 4.52 Å². The van der Waals surface area contributed by atoms with Gasteiger partial charge in [0.05, 0.1) is 45.0 Å². The maximum atomic E-state index is 12.5. The third kappa shape index (κ3) is 3.22. The number of hydrogen-bond acceptors (Lipinski definition) is 5. The Kier molecular flexibility index (Phi) is 4.45. The Hall–Kier alpha value is -2.52. The summed E-state index contributed by atoms with van der Waals surface area (Å²) < 4.78 is 2.52. The summed E-state index contributed by atoms with van der Waals surface area (Å²) >= 11 is 4.79. The number of halogens is 1. The SMILES string of the molecule is C=CC(=O)Nc1cnc(C)c(NC(=O)c2cnn3cc(Br)sc23)c1. The van der Waals surface area contributed by atoms with E-state index in [2.05, 4.69) is 43.2 Å². The van der Waals surface area contributed by atoms with E-state index in [0.717, 1.165) is 14.7 Å². The highest BCUT2D eigenvalue weighted by atomic mass is 79.9. The molecule has 3 aromatic heterocycles. The Labute approximate surface area is 149 Å². The van der Waals surface area contributed by atoms with Gasteiger partial charge in [-0.15, -0.1) is 11.3 Å². The van der Waals surface area contributed by atoms with E-state index in [9.17, 15) is 9.59 Å². The third-order valence-electron chi connectivity index (χ3n) is 3.20. The molecule has 0 unspecified atom stereocenters. The topological polar surface area (TPSA) is 88.4 Å². The van der Waals surface area contributed by atoms with Gasteiger partial charge in [0, 0.05) is 0 Å². The van der Waals surface area contributed by atoms with Gasteiger partial charge in [0.2, 0.25) is 5.91 Å². The molecule has 0 spiro atoms. The fourth-order valence-corrected chi connectivity index (χ4v) is 3.47. The molecule has 0 aromatic carbocycles. The summed E-state index contributed by atoms with van der Waals surface area (Å²) in [6.07, 6.45) is 5.98. The van der Waals surface area contributed by atoms with Crippen molar-refractivity contribution in [2.75, 3.05) is 10.6 Å². The van der Waals surface area contributed by atoms with Gasteiger partial charge in [-0.05, 0) is 35.0 Å². The van der Waals surface area contributed by atoms with Crippen LogP contribution >= 0.6 is 27.3 Å². The highest BCUT2D eigenvalue weighted by molar-refractivity contribution is 9.11. The molecule has 24 heavy (non-hydrogen) atoms. The quantitative estimate of drug-likeness (QED) is 0.652. The minimum atomic E-state index is -0.347. The van der Waals surface area contributed by atoms with Crippen molar-refractivity contribution in [2.24, 2.45) is 0 Å². The van der Waals surface area contributed by atoms with Crippen molar-refractivity contribution < 1.29 is 9.59 Å². The smallest absolute Gasteiger partial charge is 0.260 e. The van der Waals surface area contributed by atoms with Gasteiger partial charge in [0.25, 0.3) is 5.91 Å². The highest BCUT2D eigenvalue weighted by Gasteiger charge is 2.16. The van der Waals surface area contributed by atoms with Gasteiger partial charge < -0.3 is 10.6 Å². The van der Waals surface area contributed by atoms with Crippen LogP contribution in [0.25, 0.3) is 4.83 Å². The van der Waals surface area contributed by atoms with Crippen molar-refractivity contribution >= 4 is 55.3 Å². The average molecular weight is 406 g/mol. The van der Waals surface area contributed by atoms with Gasteiger partial charge in [0.1, 0.15) is 4.83 Å². The Bertz CT molecular complexity index is 962. The van der Waals surface area contributed by atoms with E-state index >= 15 is 0 Å². The Morgan fingerprint density at radius 3 is 2.92 bits per heavy atom. The number of aromatic nitrogens is 3. The van der Waals surface area contributed by atoms with E-state index in [0.29, 0.717) is 22.6 Å². The summed E-state index contributed by atoms with van der Waals surface area (Å²) in [5.41, 5.74) is 2.08. The Morgan fingerprint density at radius 1 is 1.38 bits per heavy atom. The molecule has 0 radical (unpaired) electrons. The predicted octanol–water partition coefficient (Wildman–Crippen LogP) is 3.24. The van der Waals surface area contributed by atoms with Crippen LogP contribution in [-0.4, -0.2) is 26.4 Å². The molecule has 0 aliphatic rings. The average Bonchev–Trinajstić information content (AvgIpc) is 3.09. The lowest BCUT2D eigenvalue weighted by Crippen LogP contribution is -2.14. The Balaban J connectivity index is 1.87. The molecule has 122 valence electrons. The van der Waals surface area contributed by atoms with Crippen molar-refractivity contribution in [2.45, 2.75) is 6.92 Å². The number of nitrogens with zero attached hydrogens (tertiary/aromatic N) is 3. The van der Waals surface area contributed by atoms with Crippen LogP contribution in [0.4, 0.5) is 11.4 Å². The number of thiazole rings is 1. The fourth-order valence-electron chi connectivity index (χ4n) is 2.03. The van der Waals surface area contributed by atoms with Crippen molar-refractivity contribution in [3.63, 3.8) is 0 Å². The van der Waals surface area contributed by atoms with Crippen molar-refractivity contribution in [3.05, 3.63) is 52.4 Å². The van der Waals surface area contributed by atoms with E-state index in [4.69, 9.17) is 0 Å². The van der Waals surface area contributed by atoms with Crippen LogP contribution in [0.5, 0.6) is 0 Å². The summed E-state index contributed by atoms with van der Waals surface area (Å²) in [4.78, 5) is 28.8. The van der Waals surface area contributed by atoms with Crippen LogP contribution in [0.15, 0.2) is 41.1 Å². The molecule has 0 saturated heterocycles. The third-order valence-corrected chi connectivity index (χ3v) is 4.79. The number of amides is 2. The molecule has 7 nitrogen and oxygen atoms in total. The van der Waals surface area contributed by atoms with Crippen LogP contribution in [0.3, 0.4) is 0 Å². The molecule has 0 aliphatic heterocycles. The summed E-state index contributed by atoms with van der Waals surface area (Å²) in [7, 11) is 0. The number of carbonyl (C=O) groups excluding carboxylic acids is 2. The molecule has 0 aliphatic carbocycles.